The van der Waals surface area contributed by atoms with Crippen molar-refractivity contribution in [2.24, 2.45) is 5.92 Å². The van der Waals surface area contributed by atoms with Crippen molar-refractivity contribution in [2.75, 3.05) is 0 Å². The number of carbonyl (C=O) groups excluding carboxylic acids is 3. The summed E-state index contributed by atoms with van der Waals surface area (Å²) in [5.74, 6) is -4.20. The van der Waals surface area contributed by atoms with Gasteiger partial charge >= 0.3 is 0 Å². The highest BCUT2D eigenvalue weighted by Crippen LogP contribution is 2.31. The van der Waals surface area contributed by atoms with Gasteiger partial charge in [0.2, 0.25) is 11.8 Å². The monoisotopic (exact) mass is 471 g/mol. The fourth-order valence-electron chi connectivity index (χ4n) is 4.02. The van der Waals surface area contributed by atoms with Gasteiger partial charge in [0.1, 0.15) is 17.4 Å². The Kier molecular flexibility index (Phi) is 7.55. The molecular weight excluding hydrogens is 442 g/mol. The summed E-state index contributed by atoms with van der Waals surface area (Å²) < 4.78 is 0. The minimum absolute atomic E-state index is 0.133. The van der Waals surface area contributed by atoms with Crippen LogP contribution in [0.3, 0.4) is 0 Å². The molecule has 7 N–H and O–H groups in total. The molecule has 0 bridgehead atoms. The van der Waals surface area contributed by atoms with Gasteiger partial charge in [0, 0.05) is 6.42 Å². The van der Waals surface area contributed by atoms with E-state index < -0.39 is 47.4 Å². The highest BCUT2D eigenvalue weighted by molar-refractivity contribution is 5.95. The maximum Gasteiger partial charge on any atom is 0.252 e. The second-order valence-electron chi connectivity index (χ2n) is 8.88. The lowest BCUT2D eigenvalue weighted by molar-refractivity contribution is -0.144. The first kappa shape index (κ1) is 25.2. The van der Waals surface area contributed by atoms with Gasteiger partial charge in [-0.25, -0.2) is 5.48 Å². The van der Waals surface area contributed by atoms with Crippen LogP contribution in [0.2, 0.25) is 0 Å². The lowest BCUT2D eigenvalue weighted by Crippen LogP contribution is -2.59. The van der Waals surface area contributed by atoms with Crippen LogP contribution >= 0.6 is 0 Å². The molecule has 0 heterocycles. The Morgan fingerprint density at radius 1 is 1.06 bits per heavy atom. The second kappa shape index (κ2) is 10.2. The summed E-state index contributed by atoms with van der Waals surface area (Å²) in [5.41, 5.74) is 1.51. The number of amides is 3. The average Bonchev–Trinajstić information content (AvgIpc) is 3.10. The lowest BCUT2D eigenvalue weighted by Gasteiger charge is -2.30. The third-order valence-corrected chi connectivity index (χ3v) is 5.91. The molecule has 2 aromatic rings. The summed E-state index contributed by atoms with van der Waals surface area (Å²) in [6.07, 6.45) is -0.817. The number of nitrogens with one attached hydrogen (secondary N) is 3. The third kappa shape index (κ3) is 5.53. The molecule has 1 aliphatic carbocycles. The molecule has 3 amide bonds. The number of aliphatic hydroxyl groups is 2. The van der Waals surface area contributed by atoms with Crippen LogP contribution in [0.25, 0.3) is 0 Å². The van der Waals surface area contributed by atoms with Gasteiger partial charge in [0.05, 0.1) is 18.1 Å². The number of hydrogen-bond acceptors (Lipinski definition) is 7. The van der Waals surface area contributed by atoms with Crippen molar-refractivity contribution in [3.63, 3.8) is 0 Å². The van der Waals surface area contributed by atoms with E-state index in [1.165, 1.54) is 31.5 Å². The van der Waals surface area contributed by atoms with Gasteiger partial charge in [-0.3, -0.25) is 19.6 Å². The molecule has 0 unspecified atom stereocenters. The Bertz CT molecular complexity index is 1070. The maximum absolute atomic E-state index is 13.4. The molecule has 3 rings (SSSR count). The molecule has 10 nitrogen and oxygen atoms in total. The van der Waals surface area contributed by atoms with E-state index in [1.54, 1.807) is 24.3 Å². The number of fused-ring (bicyclic) bond motifs is 1. The largest absolute Gasteiger partial charge is 0.508 e. The Morgan fingerprint density at radius 2 is 1.71 bits per heavy atom. The third-order valence-electron chi connectivity index (χ3n) is 5.91. The molecule has 10 heteroatoms. The predicted octanol–water partition coefficient (Wildman–Crippen LogP) is 0.0865. The van der Waals surface area contributed by atoms with E-state index in [2.05, 4.69) is 10.6 Å². The first-order valence-electron chi connectivity index (χ1n) is 10.8. The molecule has 0 radical (unpaired) electrons. The molecule has 0 aliphatic heterocycles. The zero-order valence-corrected chi connectivity index (χ0v) is 18.9. The number of carbonyl (C=O) groups is 3. The number of aliphatic hydroxyl groups excluding tert-OH is 1. The molecule has 0 spiro atoms. The molecule has 0 fully saturated rings. The van der Waals surface area contributed by atoms with Gasteiger partial charge in [-0.1, -0.05) is 42.5 Å². The summed E-state index contributed by atoms with van der Waals surface area (Å²) in [4.78, 5) is 38.6. The topological polar surface area (TPSA) is 168 Å². The van der Waals surface area contributed by atoms with Crippen molar-refractivity contribution < 1.29 is 34.9 Å². The van der Waals surface area contributed by atoms with Crippen molar-refractivity contribution >= 4 is 17.7 Å². The zero-order valence-electron chi connectivity index (χ0n) is 18.9. The number of phenols is 1. The SMILES string of the molecule is CC(C)(O)C(=O)N[C@@H](C(=O)N[C@H]1c2ccccc2C[C@H]1O)[C@H](Cc1ccccc1O)C(=O)NO. The van der Waals surface area contributed by atoms with E-state index in [1.807, 2.05) is 12.1 Å². The van der Waals surface area contributed by atoms with Gasteiger partial charge in [0.15, 0.2) is 0 Å². The van der Waals surface area contributed by atoms with Crippen LogP contribution in [0, 0.1) is 5.92 Å². The number of phenolic OH excluding ortho intramolecular Hbond substituents is 1. The van der Waals surface area contributed by atoms with Gasteiger partial charge in [-0.15, -0.1) is 0 Å². The smallest absolute Gasteiger partial charge is 0.252 e. The van der Waals surface area contributed by atoms with Crippen molar-refractivity contribution in [1.29, 1.82) is 0 Å². The van der Waals surface area contributed by atoms with Crippen LogP contribution in [-0.2, 0) is 27.2 Å². The Morgan fingerprint density at radius 3 is 2.35 bits per heavy atom. The van der Waals surface area contributed by atoms with Crippen molar-refractivity contribution in [3.05, 3.63) is 65.2 Å². The molecule has 2 aromatic carbocycles. The molecule has 0 saturated heterocycles. The lowest BCUT2D eigenvalue weighted by atomic mass is 9.89. The number of para-hydroxylation sites is 1. The fraction of sp³-hybridized carbons (Fsp3) is 0.375. The standard InChI is InChI=1S/C24H29N3O7/c1-24(2,33)23(32)26-20(16(21(30)27-34)11-14-8-4-6-10-17(14)28)22(31)25-19-15-9-5-3-7-13(15)12-18(19)29/h3-10,16,18-20,28-29,33-34H,11-12H2,1-2H3,(H,25,31)(H,26,32)(H,27,30)/t16-,18+,19-,20+/m0/s1. The first-order chi connectivity index (χ1) is 16.0. The molecular formula is C24H29N3O7. The van der Waals surface area contributed by atoms with E-state index >= 15 is 0 Å². The Balaban J connectivity index is 1.95. The van der Waals surface area contributed by atoms with Crippen LogP contribution in [0.15, 0.2) is 48.5 Å². The highest BCUT2D eigenvalue weighted by Gasteiger charge is 2.41. The van der Waals surface area contributed by atoms with Crippen LogP contribution in [-0.4, -0.2) is 56.0 Å². The zero-order chi connectivity index (χ0) is 25.0. The fourth-order valence-corrected chi connectivity index (χ4v) is 4.02. The molecule has 182 valence electrons. The maximum atomic E-state index is 13.4. The Labute approximate surface area is 196 Å². The molecule has 34 heavy (non-hydrogen) atoms. The summed E-state index contributed by atoms with van der Waals surface area (Å²) in [5, 5.41) is 45.2. The number of hydroxylamine groups is 1. The predicted molar refractivity (Wildman–Crippen MR) is 120 cm³/mol. The highest BCUT2D eigenvalue weighted by atomic mass is 16.5. The normalized spacial score (nSPS) is 19.0. The number of rotatable bonds is 8. The van der Waals surface area contributed by atoms with Gasteiger partial charge in [-0.2, -0.15) is 0 Å². The molecule has 4 atom stereocenters. The van der Waals surface area contributed by atoms with Gasteiger partial charge < -0.3 is 26.0 Å². The summed E-state index contributed by atoms with van der Waals surface area (Å²) >= 11 is 0. The number of aromatic hydroxyl groups is 1. The van der Waals surface area contributed by atoms with Crippen molar-refractivity contribution in [2.45, 2.75) is 50.5 Å². The first-order valence-corrected chi connectivity index (χ1v) is 10.8. The second-order valence-corrected chi connectivity index (χ2v) is 8.88. The summed E-state index contributed by atoms with van der Waals surface area (Å²) in [7, 11) is 0. The van der Waals surface area contributed by atoms with Crippen molar-refractivity contribution in [1.82, 2.24) is 16.1 Å². The van der Waals surface area contributed by atoms with E-state index in [0.717, 1.165) is 5.56 Å². The van der Waals surface area contributed by atoms with Crippen LogP contribution < -0.4 is 16.1 Å². The van der Waals surface area contributed by atoms with E-state index in [0.29, 0.717) is 17.5 Å². The molecule has 1 aliphatic rings. The molecule has 0 saturated carbocycles. The minimum atomic E-state index is -1.87. The molecule has 0 aromatic heterocycles. The van der Waals surface area contributed by atoms with E-state index in [9.17, 15) is 34.9 Å². The summed E-state index contributed by atoms with van der Waals surface area (Å²) in [6.45, 7) is 2.44. The van der Waals surface area contributed by atoms with Gasteiger partial charge in [-0.05, 0) is 43.0 Å². The average molecular weight is 472 g/mol. The van der Waals surface area contributed by atoms with E-state index in [-0.39, 0.29) is 12.2 Å². The number of benzene rings is 2. The van der Waals surface area contributed by atoms with Gasteiger partial charge in [0.25, 0.3) is 5.91 Å². The number of hydrogen-bond donors (Lipinski definition) is 7. The van der Waals surface area contributed by atoms with Crippen LogP contribution in [0.4, 0.5) is 0 Å². The quantitative estimate of drug-likeness (QED) is 0.211. The van der Waals surface area contributed by atoms with Crippen LogP contribution in [0.1, 0.15) is 36.6 Å². The van der Waals surface area contributed by atoms with Crippen molar-refractivity contribution in [3.8, 4) is 5.75 Å². The minimum Gasteiger partial charge on any atom is -0.508 e. The van der Waals surface area contributed by atoms with E-state index in [4.69, 9.17) is 0 Å². The Hall–Kier alpha value is -3.47. The summed E-state index contributed by atoms with van der Waals surface area (Å²) in [6, 6.07) is 11.0. The van der Waals surface area contributed by atoms with Crippen LogP contribution in [0.5, 0.6) is 5.75 Å².